The van der Waals surface area contributed by atoms with E-state index in [2.05, 4.69) is 10.3 Å². The Morgan fingerprint density at radius 2 is 1.78 bits per heavy atom. The largest absolute Gasteiger partial charge is 0.466 e. The minimum Gasteiger partial charge on any atom is -0.466 e. The van der Waals surface area contributed by atoms with Crippen LogP contribution in [0.5, 0.6) is 0 Å². The Morgan fingerprint density at radius 3 is 2.39 bits per heavy atom. The second-order valence-electron chi connectivity index (χ2n) is 8.65. The minimum absolute atomic E-state index is 0. The van der Waals surface area contributed by atoms with E-state index in [0.29, 0.717) is 29.0 Å². The first-order valence-electron chi connectivity index (χ1n) is 12.9. The molecular weight excluding hydrogens is 546 g/mol. The van der Waals surface area contributed by atoms with E-state index in [1.165, 1.54) is 4.90 Å². The standard InChI is InChI=1S/C27H29N7O3.C2H6O.ClH/c1-3-37-25(35)13-15-34(23-6-4-5-14-30-23)27(36)19-9-12-22-21(16-19)32-24(33(22)2)17-31-20-10-7-18(8-11-20)26(28)29;1-2-3;/h4-12,14,16,31H,3,13,15,17H2,1-2H3,(H3,28,29);3H,2H2,1H3;1H. The number of hydrogen-bond acceptors (Lipinski definition) is 8. The maximum absolute atomic E-state index is 13.5. The van der Waals surface area contributed by atoms with Crippen molar-refractivity contribution >= 4 is 52.7 Å². The summed E-state index contributed by atoms with van der Waals surface area (Å²) in [5.41, 5.74) is 9.07. The molecule has 12 heteroatoms. The number of fused-ring (bicyclic) bond motifs is 1. The number of pyridine rings is 1. The average Bonchev–Trinajstić information content (AvgIpc) is 3.27. The maximum atomic E-state index is 13.5. The molecule has 4 rings (SSSR count). The summed E-state index contributed by atoms with van der Waals surface area (Å²) in [5.74, 6) is 0.623. The molecule has 0 saturated heterocycles. The zero-order valence-electron chi connectivity index (χ0n) is 23.3. The van der Waals surface area contributed by atoms with Crippen LogP contribution in [0.1, 0.15) is 42.0 Å². The SMILES string of the molecule is CCO.CCOC(=O)CCN(C(=O)c1ccc2c(c1)nc(CNc1ccc(C(=N)N)cc1)n2C)c1ccccn1.Cl. The number of carbonyl (C=O) groups excluding carboxylic acids is 2. The predicted octanol–water partition coefficient (Wildman–Crippen LogP) is 3.88. The Morgan fingerprint density at radius 1 is 1.10 bits per heavy atom. The van der Waals surface area contributed by atoms with E-state index in [0.717, 1.165) is 17.0 Å². The topological polar surface area (TPSA) is 159 Å². The number of ether oxygens (including phenoxy) is 1. The van der Waals surface area contributed by atoms with Gasteiger partial charge in [0.15, 0.2) is 0 Å². The predicted molar refractivity (Wildman–Crippen MR) is 163 cm³/mol. The normalized spacial score (nSPS) is 10.1. The summed E-state index contributed by atoms with van der Waals surface area (Å²) < 4.78 is 7.00. The third-order valence-corrected chi connectivity index (χ3v) is 5.88. The van der Waals surface area contributed by atoms with Gasteiger partial charge < -0.3 is 25.5 Å². The number of amidine groups is 1. The summed E-state index contributed by atoms with van der Waals surface area (Å²) in [6.45, 7) is 4.57. The minimum atomic E-state index is -0.371. The molecule has 0 aliphatic carbocycles. The van der Waals surface area contributed by atoms with E-state index >= 15 is 0 Å². The van der Waals surface area contributed by atoms with Gasteiger partial charge in [-0.15, -0.1) is 12.4 Å². The van der Waals surface area contributed by atoms with Crippen LogP contribution in [0.15, 0.2) is 66.9 Å². The number of aromatic nitrogens is 3. The number of nitrogens with zero attached hydrogens (tertiary/aromatic N) is 4. The molecular formula is C29H36ClN7O4. The van der Waals surface area contributed by atoms with Crippen molar-refractivity contribution in [3.05, 3.63) is 83.8 Å². The number of benzene rings is 2. The lowest BCUT2D eigenvalue weighted by Gasteiger charge is -2.21. The zero-order chi connectivity index (χ0) is 29.1. The molecule has 0 radical (unpaired) electrons. The number of imidazole rings is 1. The van der Waals surface area contributed by atoms with Gasteiger partial charge in [0.25, 0.3) is 5.91 Å². The highest BCUT2D eigenvalue weighted by atomic mass is 35.5. The molecule has 2 heterocycles. The lowest BCUT2D eigenvalue weighted by molar-refractivity contribution is -0.142. The summed E-state index contributed by atoms with van der Waals surface area (Å²) in [7, 11) is 1.92. The van der Waals surface area contributed by atoms with Crippen molar-refractivity contribution in [3.63, 3.8) is 0 Å². The number of anilines is 2. The molecule has 0 spiro atoms. The van der Waals surface area contributed by atoms with Gasteiger partial charge >= 0.3 is 5.97 Å². The first-order valence-corrected chi connectivity index (χ1v) is 12.9. The number of halogens is 1. The number of amides is 1. The van der Waals surface area contributed by atoms with Crippen molar-refractivity contribution in [1.82, 2.24) is 14.5 Å². The number of esters is 1. The Labute approximate surface area is 245 Å². The van der Waals surface area contributed by atoms with Gasteiger partial charge in [-0.3, -0.25) is 19.9 Å². The van der Waals surface area contributed by atoms with E-state index in [4.69, 9.17) is 26.0 Å². The maximum Gasteiger partial charge on any atom is 0.307 e. The number of nitrogen functional groups attached to an aromatic ring is 1. The van der Waals surface area contributed by atoms with E-state index in [1.54, 1.807) is 62.5 Å². The van der Waals surface area contributed by atoms with Gasteiger partial charge in [0.2, 0.25) is 0 Å². The van der Waals surface area contributed by atoms with Crippen molar-refractivity contribution in [2.75, 3.05) is 30.0 Å². The van der Waals surface area contributed by atoms with Gasteiger partial charge in [0, 0.05) is 43.2 Å². The highest BCUT2D eigenvalue weighted by molar-refractivity contribution is 6.07. The van der Waals surface area contributed by atoms with Crippen LogP contribution in [0.3, 0.4) is 0 Å². The highest BCUT2D eigenvalue weighted by Crippen LogP contribution is 2.21. The molecule has 4 aromatic rings. The third-order valence-electron chi connectivity index (χ3n) is 5.88. The van der Waals surface area contributed by atoms with Crippen molar-refractivity contribution in [3.8, 4) is 0 Å². The number of aliphatic hydroxyl groups is 1. The fourth-order valence-electron chi connectivity index (χ4n) is 3.92. The molecule has 2 aromatic heterocycles. The third kappa shape index (κ3) is 8.75. The average molecular weight is 582 g/mol. The number of rotatable bonds is 10. The van der Waals surface area contributed by atoms with Gasteiger partial charge in [-0.1, -0.05) is 6.07 Å². The van der Waals surface area contributed by atoms with E-state index in [1.807, 2.05) is 29.8 Å². The molecule has 0 aliphatic heterocycles. The molecule has 0 aliphatic rings. The number of nitrogens with two attached hydrogens (primary N) is 1. The Bertz CT molecular complexity index is 1440. The van der Waals surface area contributed by atoms with Gasteiger partial charge in [-0.25, -0.2) is 9.97 Å². The van der Waals surface area contributed by atoms with Gasteiger partial charge in [0.1, 0.15) is 17.5 Å². The zero-order valence-corrected chi connectivity index (χ0v) is 24.1. The first kappa shape index (κ1) is 32.7. The molecule has 218 valence electrons. The molecule has 0 unspecified atom stereocenters. The van der Waals surface area contributed by atoms with Crippen LogP contribution >= 0.6 is 12.4 Å². The number of aliphatic hydroxyl groups excluding tert-OH is 1. The number of hydrogen-bond donors (Lipinski definition) is 4. The van der Waals surface area contributed by atoms with Gasteiger partial charge in [0.05, 0.1) is 30.6 Å². The Hall–Kier alpha value is -4.48. The highest BCUT2D eigenvalue weighted by Gasteiger charge is 2.21. The molecule has 2 aromatic carbocycles. The van der Waals surface area contributed by atoms with Crippen LogP contribution in [-0.2, 0) is 23.1 Å². The van der Waals surface area contributed by atoms with E-state index < -0.39 is 0 Å². The fraction of sp³-hybridized carbons (Fsp3) is 0.276. The molecule has 0 fully saturated rings. The van der Waals surface area contributed by atoms with Crippen LogP contribution in [0.2, 0.25) is 0 Å². The second-order valence-corrected chi connectivity index (χ2v) is 8.65. The molecule has 0 bridgehead atoms. The van der Waals surface area contributed by atoms with Gasteiger partial charge in [-0.2, -0.15) is 0 Å². The van der Waals surface area contributed by atoms with Crippen LogP contribution in [0.25, 0.3) is 11.0 Å². The molecule has 11 nitrogen and oxygen atoms in total. The molecule has 0 saturated carbocycles. The lowest BCUT2D eigenvalue weighted by Crippen LogP contribution is -2.34. The van der Waals surface area contributed by atoms with Crippen LogP contribution in [-0.4, -0.2) is 57.1 Å². The second kappa shape index (κ2) is 15.9. The lowest BCUT2D eigenvalue weighted by atomic mass is 10.1. The summed E-state index contributed by atoms with van der Waals surface area (Å²) in [5, 5.41) is 18.4. The molecule has 0 atom stereocenters. The Kier molecular flexibility index (Phi) is 12.7. The van der Waals surface area contributed by atoms with Crippen molar-refractivity contribution in [2.45, 2.75) is 26.8 Å². The monoisotopic (exact) mass is 581 g/mol. The summed E-state index contributed by atoms with van der Waals surface area (Å²) in [4.78, 5) is 36.0. The quantitative estimate of drug-likeness (QED) is 0.125. The van der Waals surface area contributed by atoms with Crippen LogP contribution in [0, 0.1) is 5.41 Å². The van der Waals surface area contributed by atoms with Crippen LogP contribution < -0.4 is 16.0 Å². The van der Waals surface area contributed by atoms with E-state index in [-0.39, 0.29) is 56.3 Å². The fourth-order valence-corrected chi connectivity index (χ4v) is 3.92. The molecule has 5 N–H and O–H groups in total. The summed E-state index contributed by atoms with van der Waals surface area (Å²) in [6.07, 6.45) is 1.67. The van der Waals surface area contributed by atoms with Crippen LogP contribution in [0.4, 0.5) is 11.5 Å². The van der Waals surface area contributed by atoms with Crippen molar-refractivity contribution < 1.29 is 19.4 Å². The first-order chi connectivity index (χ1) is 19.3. The Balaban J connectivity index is 0.00000141. The molecule has 1 amide bonds. The number of nitrogens with one attached hydrogen (secondary N) is 2. The number of carbonyl (C=O) groups is 2. The number of aryl methyl sites for hydroxylation is 1. The summed E-state index contributed by atoms with van der Waals surface area (Å²) >= 11 is 0. The van der Waals surface area contributed by atoms with Crippen molar-refractivity contribution in [1.29, 1.82) is 5.41 Å². The molecule has 41 heavy (non-hydrogen) atoms. The summed E-state index contributed by atoms with van der Waals surface area (Å²) in [6, 6.07) is 18.0. The van der Waals surface area contributed by atoms with Crippen molar-refractivity contribution in [2.24, 2.45) is 12.8 Å². The smallest absolute Gasteiger partial charge is 0.307 e. The van der Waals surface area contributed by atoms with Gasteiger partial charge in [-0.05, 0) is 68.4 Å². The van der Waals surface area contributed by atoms with E-state index in [9.17, 15) is 9.59 Å².